The Morgan fingerprint density at radius 2 is 2.02 bits per heavy atom. The zero-order valence-electron chi connectivity index (χ0n) is 26.6. The number of benzene rings is 1. The Morgan fingerprint density at radius 1 is 1.27 bits per heavy atom. The Balaban J connectivity index is 1.26. The minimum Gasteiger partial charge on any atom is -0.349 e. The lowest BCUT2D eigenvalue weighted by Gasteiger charge is -2.49. The van der Waals surface area contributed by atoms with Gasteiger partial charge in [-0.15, -0.1) is 11.8 Å². The van der Waals surface area contributed by atoms with Crippen LogP contribution in [0.4, 0.5) is 0 Å². The normalized spacial score (nSPS) is 32.8. The highest BCUT2D eigenvalue weighted by Gasteiger charge is 2.72. The second kappa shape index (κ2) is 10.8. The Bertz CT molecular complexity index is 1640. The zero-order valence-corrected chi connectivity index (χ0v) is 29.0. The maximum Gasteiger partial charge on any atom is 0.281 e. The Labute approximate surface area is 276 Å². The van der Waals surface area contributed by atoms with Crippen LogP contribution in [0, 0.1) is 17.8 Å². The molecule has 0 spiro atoms. The predicted molar refractivity (Wildman–Crippen MR) is 176 cm³/mol. The Kier molecular flexibility index (Phi) is 7.52. The smallest absolute Gasteiger partial charge is 0.281 e. The van der Waals surface area contributed by atoms with Crippen LogP contribution in [0.3, 0.4) is 0 Å². The average Bonchev–Trinajstić information content (AvgIpc) is 3.67. The highest BCUT2D eigenvalue weighted by atomic mass is 79.9. The minimum atomic E-state index is -2.02. The van der Waals surface area contributed by atoms with E-state index < -0.39 is 41.5 Å². The molecule has 45 heavy (non-hydrogen) atoms. The molecular formula is C33H42BrN5O5S. The topological polar surface area (TPSA) is 118 Å². The number of piperazine rings is 1. The number of aliphatic hydroxyl groups is 1. The fraction of sp³-hybridized carbons (Fsp3) is 0.606. The lowest BCUT2D eigenvalue weighted by atomic mass is 9.79. The summed E-state index contributed by atoms with van der Waals surface area (Å²) in [5.74, 6) is -4.05. The molecule has 7 rings (SSSR count). The second-order valence-corrected chi connectivity index (χ2v) is 15.8. The van der Waals surface area contributed by atoms with Gasteiger partial charge in [0.05, 0.1) is 10.9 Å². The SMILES string of the molecule is CSc1[nH]c2cc(Br)cc3c2c1C[C@@H]1C3=C[C@@H](C(=O)N[C@]2(C(C)C)O[C@@]3(O)[C@@H]4CCCN4C(=O)[C@H](CC(C)C)N3C2=O)CN1C. The third-order valence-electron chi connectivity index (χ3n) is 10.5. The van der Waals surface area contributed by atoms with Gasteiger partial charge in [0.25, 0.3) is 11.8 Å². The number of nitrogens with zero attached hydrogens (tertiary/aromatic N) is 3. The number of aromatic amines is 1. The first-order valence-corrected chi connectivity index (χ1v) is 18.0. The van der Waals surface area contributed by atoms with Gasteiger partial charge in [-0.05, 0) is 73.7 Å². The van der Waals surface area contributed by atoms with Gasteiger partial charge < -0.3 is 20.3 Å². The lowest BCUT2D eigenvalue weighted by Crippen LogP contribution is -2.71. The lowest BCUT2D eigenvalue weighted by molar-refractivity contribution is -0.322. The summed E-state index contributed by atoms with van der Waals surface area (Å²) in [5.41, 5.74) is 2.74. The van der Waals surface area contributed by atoms with Crippen molar-refractivity contribution in [2.45, 2.75) is 88.2 Å². The van der Waals surface area contributed by atoms with Gasteiger partial charge in [0, 0.05) is 40.4 Å². The largest absolute Gasteiger partial charge is 0.349 e. The molecule has 2 aromatic rings. The summed E-state index contributed by atoms with van der Waals surface area (Å²) in [4.78, 5) is 51.2. The van der Waals surface area contributed by atoms with Crippen LogP contribution in [0.25, 0.3) is 16.5 Å². The summed E-state index contributed by atoms with van der Waals surface area (Å²) in [5, 5.41) is 17.6. The number of halogens is 1. The van der Waals surface area contributed by atoms with Crippen molar-refractivity contribution >= 4 is 61.9 Å². The van der Waals surface area contributed by atoms with E-state index in [1.165, 1.54) is 15.8 Å². The van der Waals surface area contributed by atoms with Gasteiger partial charge in [-0.2, -0.15) is 0 Å². The minimum absolute atomic E-state index is 0.101. The molecule has 5 aliphatic rings. The van der Waals surface area contributed by atoms with Gasteiger partial charge in [0.2, 0.25) is 17.5 Å². The van der Waals surface area contributed by atoms with Gasteiger partial charge in [0.1, 0.15) is 12.1 Å². The van der Waals surface area contributed by atoms with Crippen molar-refractivity contribution in [3.05, 3.63) is 33.8 Å². The molecule has 6 atom stereocenters. The van der Waals surface area contributed by atoms with Gasteiger partial charge >= 0.3 is 0 Å². The number of fused-ring (bicyclic) bond motifs is 5. The fourth-order valence-corrected chi connectivity index (χ4v) is 9.47. The Morgan fingerprint density at radius 3 is 2.71 bits per heavy atom. The number of ether oxygens (including phenoxy) is 1. The van der Waals surface area contributed by atoms with Crippen LogP contribution < -0.4 is 5.32 Å². The van der Waals surface area contributed by atoms with E-state index in [2.05, 4.69) is 55.6 Å². The van der Waals surface area contributed by atoms with E-state index in [4.69, 9.17) is 4.74 Å². The third kappa shape index (κ3) is 4.49. The molecule has 3 N–H and O–H groups in total. The molecule has 0 saturated carbocycles. The summed E-state index contributed by atoms with van der Waals surface area (Å²) in [6, 6.07) is 2.79. The maximum atomic E-state index is 14.5. The summed E-state index contributed by atoms with van der Waals surface area (Å²) in [7, 11) is 2.04. The molecule has 12 heteroatoms. The van der Waals surface area contributed by atoms with Crippen molar-refractivity contribution in [1.29, 1.82) is 0 Å². The molecule has 0 radical (unpaired) electrons. The number of thioether (sulfide) groups is 1. The average molecular weight is 701 g/mol. The molecule has 0 bridgehead atoms. The summed E-state index contributed by atoms with van der Waals surface area (Å²) in [6.07, 6.45) is 6.59. The number of carbonyl (C=O) groups is 3. The number of aromatic nitrogens is 1. The number of rotatable bonds is 6. The van der Waals surface area contributed by atoms with Crippen molar-refractivity contribution < 1.29 is 24.2 Å². The van der Waals surface area contributed by atoms with E-state index in [0.717, 1.165) is 32.6 Å². The fourth-order valence-electron chi connectivity index (χ4n) is 8.37. The molecule has 242 valence electrons. The zero-order chi connectivity index (χ0) is 32.2. The van der Waals surface area contributed by atoms with Crippen molar-refractivity contribution in [1.82, 2.24) is 25.0 Å². The van der Waals surface area contributed by atoms with Crippen LogP contribution >= 0.6 is 27.7 Å². The van der Waals surface area contributed by atoms with Crippen LogP contribution in [-0.2, 0) is 25.5 Å². The van der Waals surface area contributed by atoms with Crippen LogP contribution in [0.2, 0.25) is 0 Å². The molecule has 10 nitrogen and oxygen atoms in total. The molecule has 3 saturated heterocycles. The highest BCUT2D eigenvalue weighted by molar-refractivity contribution is 9.10. The van der Waals surface area contributed by atoms with Gasteiger partial charge in [-0.25, -0.2) is 0 Å². The van der Waals surface area contributed by atoms with Crippen molar-refractivity contribution in [2.75, 3.05) is 26.4 Å². The van der Waals surface area contributed by atoms with Crippen LogP contribution in [0.15, 0.2) is 27.7 Å². The number of hydrogen-bond donors (Lipinski definition) is 3. The van der Waals surface area contributed by atoms with E-state index in [-0.39, 0.29) is 23.8 Å². The van der Waals surface area contributed by atoms with E-state index >= 15 is 0 Å². The van der Waals surface area contributed by atoms with Gasteiger partial charge in [-0.1, -0.05) is 49.7 Å². The van der Waals surface area contributed by atoms with Crippen LogP contribution in [0.1, 0.15) is 58.1 Å². The van der Waals surface area contributed by atoms with Crippen molar-refractivity contribution in [3.8, 4) is 0 Å². The summed E-state index contributed by atoms with van der Waals surface area (Å²) in [6.45, 7) is 8.58. The number of likely N-dealkylation sites (N-methyl/N-ethyl adjacent to an activating group) is 1. The third-order valence-corrected chi connectivity index (χ3v) is 11.7. The van der Waals surface area contributed by atoms with Gasteiger partial charge in [0.15, 0.2) is 0 Å². The number of amides is 3. The van der Waals surface area contributed by atoms with E-state index in [1.54, 1.807) is 16.7 Å². The highest BCUT2D eigenvalue weighted by Crippen LogP contribution is 2.49. The van der Waals surface area contributed by atoms with E-state index in [0.29, 0.717) is 32.4 Å². The summed E-state index contributed by atoms with van der Waals surface area (Å²) >= 11 is 5.40. The molecule has 1 aliphatic carbocycles. The van der Waals surface area contributed by atoms with E-state index in [9.17, 15) is 19.5 Å². The van der Waals surface area contributed by atoms with Crippen molar-refractivity contribution in [2.24, 2.45) is 17.8 Å². The number of H-pyrrole nitrogens is 1. The first kappa shape index (κ1) is 31.2. The molecule has 3 amide bonds. The summed E-state index contributed by atoms with van der Waals surface area (Å²) < 4.78 is 7.43. The molecule has 3 fully saturated rings. The molecule has 1 aromatic heterocycles. The standard InChI is InChI=1S/C33H42BrN5O5S/c1-16(2)10-25-30(41)38-9-7-8-26(38)33(43)39(25)31(42)32(44-33,17(3)4)36-28(40)18-11-20-21-12-19(34)13-23-27(21)22(29(35-23)45-6)14-24(20)37(5)15-18/h11-13,16-18,24-26,35,43H,7-10,14-15H2,1-6H3,(H,36,40)/t18-,24-,25+,26+,32-,33+/m1/s1. The second-order valence-electron chi connectivity index (χ2n) is 14.1. The van der Waals surface area contributed by atoms with Crippen LogP contribution in [-0.4, -0.2) is 98.7 Å². The van der Waals surface area contributed by atoms with E-state index in [1.807, 2.05) is 34.7 Å². The molecule has 0 unspecified atom stereocenters. The van der Waals surface area contributed by atoms with Crippen LogP contribution in [0.5, 0.6) is 0 Å². The number of carbonyl (C=O) groups excluding carboxylic acids is 3. The van der Waals surface area contributed by atoms with Crippen molar-refractivity contribution in [3.63, 3.8) is 0 Å². The monoisotopic (exact) mass is 699 g/mol. The van der Waals surface area contributed by atoms with Gasteiger partial charge in [-0.3, -0.25) is 28.9 Å². The molecule has 5 heterocycles. The first-order valence-electron chi connectivity index (χ1n) is 16.0. The number of nitrogens with one attached hydrogen (secondary N) is 2. The predicted octanol–water partition coefficient (Wildman–Crippen LogP) is 3.91. The number of hydrogen-bond acceptors (Lipinski definition) is 7. The molecule has 4 aliphatic heterocycles. The first-order chi connectivity index (χ1) is 21.3. The molecule has 1 aromatic carbocycles. The molecular weight excluding hydrogens is 658 g/mol. The quantitative estimate of drug-likeness (QED) is 0.392. The Hall–Kier alpha value is -2.38. The maximum absolute atomic E-state index is 14.5.